The van der Waals surface area contributed by atoms with Crippen LogP contribution in [0, 0.1) is 5.92 Å². The first-order valence-corrected chi connectivity index (χ1v) is 6.96. The van der Waals surface area contributed by atoms with Crippen LogP contribution in [0.5, 0.6) is 0 Å². The molecule has 0 spiro atoms. The second-order valence-corrected chi connectivity index (χ2v) is 4.93. The zero-order valence-corrected chi connectivity index (χ0v) is 11.4. The fourth-order valence-electron chi connectivity index (χ4n) is 1.72. The molecule has 1 atom stereocenters. The number of hydrogen-bond donors (Lipinski definition) is 0. The second kappa shape index (κ2) is 6.52. The van der Waals surface area contributed by atoms with Crippen LogP contribution >= 0.6 is 11.8 Å². The van der Waals surface area contributed by atoms with Crippen LogP contribution < -0.4 is 0 Å². The lowest BCUT2D eigenvalue weighted by Gasteiger charge is -2.40. The Labute approximate surface area is 103 Å². The summed E-state index contributed by atoms with van der Waals surface area (Å²) in [7, 11) is 0. The van der Waals surface area contributed by atoms with E-state index in [0.29, 0.717) is 13.2 Å². The quantitative estimate of drug-likeness (QED) is 0.672. The zero-order valence-electron chi connectivity index (χ0n) is 10.6. The standard InChI is InChI=1S/C12H22O3S/c1-5-13-12(14-6-2)10(4)8-9-11(15-12)16-7-3/h9-10H,5-8H2,1-4H3. The van der Waals surface area contributed by atoms with Crippen LogP contribution in [0.2, 0.25) is 0 Å². The fourth-order valence-corrected chi connectivity index (χ4v) is 2.39. The molecule has 0 aliphatic carbocycles. The van der Waals surface area contributed by atoms with E-state index in [0.717, 1.165) is 17.3 Å². The van der Waals surface area contributed by atoms with E-state index in [9.17, 15) is 0 Å². The first-order valence-electron chi connectivity index (χ1n) is 5.98. The first kappa shape index (κ1) is 13.9. The van der Waals surface area contributed by atoms with Crippen molar-refractivity contribution in [1.29, 1.82) is 0 Å². The summed E-state index contributed by atoms with van der Waals surface area (Å²) in [5, 5.41) is 0.919. The topological polar surface area (TPSA) is 27.7 Å². The third kappa shape index (κ3) is 3.15. The molecule has 0 N–H and O–H groups in total. The first-order chi connectivity index (χ1) is 7.68. The van der Waals surface area contributed by atoms with Crippen molar-refractivity contribution in [3.8, 4) is 0 Å². The molecule has 0 fully saturated rings. The molecule has 0 aromatic carbocycles. The Morgan fingerprint density at radius 2 is 2.00 bits per heavy atom. The Hall–Kier alpha value is -0.190. The Kier molecular flexibility index (Phi) is 5.66. The summed E-state index contributed by atoms with van der Waals surface area (Å²) in [6, 6.07) is 0. The summed E-state index contributed by atoms with van der Waals surface area (Å²) in [5.41, 5.74) is 0. The van der Waals surface area contributed by atoms with Crippen LogP contribution in [0.4, 0.5) is 0 Å². The molecular formula is C12H22O3S. The molecule has 4 heteroatoms. The van der Waals surface area contributed by atoms with Crippen LogP contribution in [-0.2, 0) is 14.2 Å². The van der Waals surface area contributed by atoms with Gasteiger partial charge in [0.05, 0.1) is 19.1 Å². The minimum Gasteiger partial charge on any atom is -0.433 e. The number of ether oxygens (including phenoxy) is 3. The van der Waals surface area contributed by atoms with Gasteiger partial charge in [-0.25, -0.2) is 0 Å². The Bertz CT molecular complexity index is 234. The lowest BCUT2D eigenvalue weighted by molar-refractivity contribution is -0.387. The average Bonchev–Trinajstić information content (AvgIpc) is 2.25. The Morgan fingerprint density at radius 1 is 1.38 bits per heavy atom. The van der Waals surface area contributed by atoms with Gasteiger partial charge in [0.25, 0.3) is 0 Å². The lowest BCUT2D eigenvalue weighted by Crippen LogP contribution is -2.46. The SMILES string of the molecule is CCOC1(OCC)OC(SCC)=CCC1C. The maximum atomic E-state index is 5.89. The number of thioether (sulfide) groups is 1. The van der Waals surface area contributed by atoms with Gasteiger partial charge in [-0.3, -0.25) is 0 Å². The molecular weight excluding hydrogens is 224 g/mol. The zero-order chi connectivity index (χ0) is 12.0. The van der Waals surface area contributed by atoms with Gasteiger partial charge in [0, 0.05) is 0 Å². The van der Waals surface area contributed by atoms with Gasteiger partial charge in [0.1, 0.15) is 0 Å². The number of hydrogen-bond acceptors (Lipinski definition) is 4. The molecule has 0 saturated heterocycles. The monoisotopic (exact) mass is 246 g/mol. The molecule has 0 saturated carbocycles. The van der Waals surface area contributed by atoms with Crippen LogP contribution in [0.15, 0.2) is 11.2 Å². The molecule has 1 aliphatic heterocycles. The summed E-state index contributed by atoms with van der Waals surface area (Å²) in [4.78, 5) is 0. The van der Waals surface area contributed by atoms with Crippen molar-refractivity contribution < 1.29 is 14.2 Å². The summed E-state index contributed by atoms with van der Waals surface area (Å²) in [6.07, 6.45) is 3.05. The smallest absolute Gasteiger partial charge is 0.330 e. The largest absolute Gasteiger partial charge is 0.433 e. The van der Waals surface area contributed by atoms with Crippen LogP contribution in [0.25, 0.3) is 0 Å². The third-order valence-corrected chi connectivity index (χ3v) is 3.29. The van der Waals surface area contributed by atoms with Crippen LogP contribution in [0.1, 0.15) is 34.1 Å². The minimum absolute atomic E-state index is 0.216. The predicted molar refractivity (Wildman–Crippen MR) is 67.1 cm³/mol. The number of allylic oxidation sites excluding steroid dienone is 1. The molecule has 0 bridgehead atoms. The van der Waals surface area contributed by atoms with Crippen molar-refractivity contribution in [2.24, 2.45) is 5.92 Å². The highest BCUT2D eigenvalue weighted by Gasteiger charge is 2.43. The van der Waals surface area contributed by atoms with Gasteiger partial charge in [0.15, 0.2) is 5.09 Å². The maximum Gasteiger partial charge on any atom is 0.330 e. The third-order valence-electron chi connectivity index (χ3n) is 2.46. The maximum absolute atomic E-state index is 5.89. The van der Waals surface area contributed by atoms with Crippen LogP contribution in [0.3, 0.4) is 0 Å². The molecule has 1 aliphatic rings. The Morgan fingerprint density at radius 3 is 2.50 bits per heavy atom. The molecule has 94 valence electrons. The summed E-state index contributed by atoms with van der Waals surface area (Å²) >= 11 is 1.69. The van der Waals surface area contributed by atoms with Gasteiger partial charge in [0.2, 0.25) is 0 Å². The molecule has 0 aromatic rings. The highest BCUT2D eigenvalue weighted by molar-refractivity contribution is 8.02. The van der Waals surface area contributed by atoms with Gasteiger partial charge in [-0.15, -0.1) is 0 Å². The van der Waals surface area contributed by atoms with Crippen molar-refractivity contribution in [3.63, 3.8) is 0 Å². The van der Waals surface area contributed by atoms with Gasteiger partial charge in [-0.2, -0.15) is 0 Å². The lowest BCUT2D eigenvalue weighted by atomic mass is 10.0. The molecule has 1 unspecified atom stereocenters. The highest BCUT2D eigenvalue weighted by atomic mass is 32.2. The van der Waals surface area contributed by atoms with E-state index >= 15 is 0 Å². The van der Waals surface area contributed by atoms with E-state index in [1.807, 2.05) is 13.8 Å². The summed E-state index contributed by atoms with van der Waals surface area (Å²) in [5.74, 6) is 0.332. The molecule has 0 radical (unpaired) electrons. The van der Waals surface area contributed by atoms with E-state index < -0.39 is 5.97 Å². The predicted octanol–water partition coefficient (Wildman–Crippen LogP) is 3.36. The van der Waals surface area contributed by atoms with Crippen molar-refractivity contribution >= 4 is 11.8 Å². The van der Waals surface area contributed by atoms with E-state index in [1.165, 1.54) is 0 Å². The van der Waals surface area contributed by atoms with Gasteiger partial charge < -0.3 is 14.2 Å². The van der Waals surface area contributed by atoms with E-state index in [4.69, 9.17) is 14.2 Å². The van der Waals surface area contributed by atoms with Crippen molar-refractivity contribution in [1.82, 2.24) is 0 Å². The summed E-state index contributed by atoms with van der Waals surface area (Å²) in [6.45, 7) is 9.30. The summed E-state index contributed by atoms with van der Waals surface area (Å²) < 4.78 is 17.3. The van der Waals surface area contributed by atoms with Crippen molar-refractivity contribution in [3.05, 3.63) is 11.2 Å². The van der Waals surface area contributed by atoms with E-state index in [2.05, 4.69) is 19.9 Å². The van der Waals surface area contributed by atoms with Crippen molar-refractivity contribution in [2.75, 3.05) is 19.0 Å². The molecule has 0 amide bonds. The van der Waals surface area contributed by atoms with E-state index in [-0.39, 0.29) is 5.92 Å². The molecule has 0 aromatic heterocycles. The highest BCUT2D eigenvalue weighted by Crippen LogP contribution is 2.38. The van der Waals surface area contributed by atoms with Gasteiger partial charge in [-0.05, 0) is 32.1 Å². The van der Waals surface area contributed by atoms with Gasteiger partial charge >= 0.3 is 5.97 Å². The average molecular weight is 246 g/mol. The fraction of sp³-hybridized carbons (Fsp3) is 0.833. The van der Waals surface area contributed by atoms with Crippen LogP contribution in [-0.4, -0.2) is 24.9 Å². The molecule has 3 nitrogen and oxygen atoms in total. The Balaban J connectivity index is 2.77. The molecule has 16 heavy (non-hydrogen) atoms. The minimum atomic E-state index is -0.879. The van der Waals surface area contributed by atoms with Gasteiger partial charge in [-0.1, -0.05) is 25.6 Å². The normalized spacial score (nSPS) is 23.8. The number of rotatable bonds is 6. The second-order valence-electron chi connectivity index (χ2n) is 3.66. The molecule has 1 heterocycles. The molecule has 1 rings (SSSR count). The van der Waals surface area contributed by atoms with Crippen molar-refractivity contribution in [2.45, 2.75) is 40.1 Å². The van der Waals surface area contributed by atoms with E-state index in [1.54, 1.807) is 11.8 Å².